The SMILES string of the molecule is NC(=O)C(O)CNCc1ccccc1[N+](=O)[O-]. The molecule has 92 valence electrons. The maximum absolute atomic E-state index is 10.7. The molecule has 0 radical (unpaired) electrons. The largest absolute Gasteiger partial charge is 0.382 e. The zero-order chi connectivity index (χ0) is 12.8. The molecule has 0 heterocycles. The first kappa shape index (κ1) is 13.1. The van der Waals surface area contributed by atoms with E-state index in [1.54, 1.807) is 18.2 Å². The Bertz CT molecular complexity index is 422. The van der Waals surface area contributed by atoms with E-state index in [1.807, 2.05) is 0 Å². The minimum atomic E-state index is -1.29. The number of amides is 1. The lowest BCUT2D eigenvalue weighted by Gasteiger charge is -2.08. The molecule has 0 aliphatic heterocycles. The van der Waals surface area contributed by atoms with Gasteiger partial charge in [-0.15, -0.1) is 0 Å². The summed E-state index contributed by atoms with van der Waals surface area (Å²) >= 11 is 0. The van der Waals surface area contributed by atoms with E-state index < -0.39 is 16.9 Å². The van der Waals surface area contributed by atoms with Crippen molar-refractivity contribution >= 4 is 11.6 Å². The van der Waals surface area contributed by atoms with Gasteiger partial charge in [-0.05, 0) is 0 Å². The molecule has 0 aromatic heterocycles. The van der Waals surface area contributed by atoms with E-state index in [2.05, 4.69) is 5.32 Å². The van der Waals surface area contributed by atoms with Crippen LogP contribution in [-0.2, 0) is 11.3 Å². The topological polar surface area (TPSA) is 118 Å². The van der Waals surface area contributed by atoms with Gasteiger partial charge < -0.3 is 16.2 Å². The van der Waals surface area contributed by atoms with Crippen molar-refractivity contribution in [3.05, 3.63) is 39.9 Å². The van der Waals surface area contributed by atoms with Crippen LogP contribution >= 0.6 is 0 Å². The van der Waals surface area contributed by atoms with Gasteiger partial charge in [0.15, 0.2) is 0 Å². The number of carbonyl (C=O) groups excluding carboxylic acids is 1. The summed E-state index contributed by atoms with van der Waals surface area (Å²) in [5.74, 6) is -0.833. The van der Waals surface area contributed by atoms with E-state index in [0.717, 1.165) is 0 Å². The van der Waals surface area contributed by atoms with Crippen LogP contribution in [0.4, 0.5) is 5.69 Å². The van der Waals surface area contributed by atoms with Gasteiger partial charge in [0.05, 0.1) is 4.92 Å². The summed E-state index contributed by atoms with van der Waals surface area (Å²) in [7, 11) is 0. The minimum Gasteiger partial charge on any atom is -0.382 e. The molecule has 7 nitrogen and oxygen atoms in total. The Kier molecular flexibility index (Phi) is 4.56. The molecule has 1 atom stereocenters. The van der Waals surface area contributed by atoms with Crippen molar-refractivity contribution in [2.24, 2.45) is 5.73 Å². The van der Waals surface area contributed by atoms with E-state index >= 15 is 0 Å². The number of aliphatic hydroxyl groups is 1. The number of para-hydroxylation sites is 1. The van der Waals surface area contributed by atoms with Crippen LogP contribution < -0.4 is 11.1 Å². The third kappa shape index (κ3) is 3.82. The van der Waals surface area contributed by atoms with E-state index in [-0.39, 0.29) is 18.8 Å². The standard InChI is InChI=1S/C10H13N3O4/c11-10(15)9(14)6-12-5-7-3-1-2-4-8(7)13(16)17/h1-4,9,12,14H,5-6H2,(H2,11,15). The molecule has 1 aromatic rings. The van der Waals surface area contributed by atoms with Gasteiger partial charge in [0.2, 0.25) is 5.91 Å². The Morgan fingerprint density at radius 1 is 1.53 bits per heavy atom. The highest BCUT2D eigenvalue weighted by Crippen LogP contribution is 2.16. The molecule has 7 heteroatoms. The number of rotatable bonds is 6. The molecule has 17 heavy (non-hydrogen) atoms. The summed E-state index contributed by atoms with van der Waals surface area (Å²) in [5, 5.41) is 22.5. The van der Waals surface area contributed by atoms with Crippen molar-refractivity contribution in [2.45, 2.75) is 12.6 Å². The first-order valence-electron chi connectivity index (χ1n) is 4.92. The maximum atomic E-state index is 10.7. The van der Waals surface area contributed by atoms with Crippen LogP contribution in [0.2, 0.25) is 0 Å². The number of hydrogen-bond acceptors (Lipinski definition) is 5. The normalized spacial score (nSPS) is 12.1. The average Bonchev–Trinajstić information content (AvgIpc) is 2.29. The lowest BCUT2D eigenvalue weighted by Crippen LogP contribution is -2.37. The molecular formula is C10H13N3O4. The van der Waals surface area contributed by atoms with Crippen molar-refractivity contribution in [3.8, 4) is 0 Å². The van der Waals surface area contributed by atoms with Crippen LogP contribution in [0.25, 0.3) is 0 Å². The van der Waals surface area contributed by atoms with Crippen LogP contribution in [0.3, 0.4) is 0 Å². The highest BCUT2D eigenvalue weighted by atomic mass is 16.6. The number of nitro groups is 1. The van der Waals surface area contributed by atoms with Gasteiger partial charge in [-0.2, -0.15) is 0 Å². The maximum Gasteiger partial charge on any atom is 0.273 e. The van der Waals surface area contributed by atoms with Crippen molar-refractivity contribution in [1.29, 1.82) is 0 Å². The van der Waals surface area contributed by atoms with Crippen LogP contribution in [0, 0.1) is 10.1 Å². The molecule has 0 bridgehead atoms. The Labute approximate surface area is 97.4 Å². The number of hydrogen-bond donors (Lipinski definition) is 3. The van der Waals surface area contributed by atoms with Crippen molar-refractivity contribution in [2.75, 3.05) is 6.54 Å². The number of nitrogens with one attached hydrogen (secondary N) is 1. The molecule has 0 saturated carbocycles. The van der Waals surface area contributed by atoms with Gasteiger partial charge in [0, 0.05) is 24.7 Å². The number of nitrogens with zero attached hydrogens (tertiary/aromatic N) is 1. The number of nitrogens with two attached hydrogens (primary N) is 1. The number of carbonyl (C=O) groups is 1. The third-order valence-corrected chi connectivity index (χ3v) is 2.17. The smallest absolute Gasteiger partial charge is 0.273 e. The van der Waals surface area contributed by atoms with E-state index in [4.69, 9.17) is 10.8 Å². The second-order valence-electron chi connectivity index (χ2n) is 3.43. The van der Waals surface area contributed by atoms with Crippen LogP contribution in [0.15, 0.2) is 24.3 Å². The molecule has 1 unspecified atom stereocenters. The Hall–Kier alpha value is -1.99. The first-order chi connectivity index (χ1) is 8.02. The summed E-state index contributed by atoms with van der Waals surface area (Å²) in [4.78, 5) is 20.7. The second kappa shape index (κ2) is 5.92. The van der Waals surface area contributed by atoms with Crippen molar-refractivity contribution in [3.63, 3.8) is 0 Å². The minimum absolute atomic E-state index is 0.00596. The quantitative estimate of drug-likeness (QED) is 0.458. The molecule has 0 spiro atoms. The fourth-order valence-corrected chi connectivity index (χ4v) is 1.28. The predicted molar refractivity (Wildman–Crippen MR) is 60.0 cm³/mol. The van der Waals surface area contributed by atoms with Gasteiger partial charge in [-0.1, -0.05) is 18.2 Å². The molecule has 0 fully saturated rings. The van der Waals surface area contributed by atoms with Crippen LogP contribution in [-0.4, -0.2) is 28.6 Å². The van der Waals surface area contributed by atoms with Gasteiger partial charge >= 0.3 is 0 Å². The molecular weight excluding hydrogens is 226 g/mol. The highest BCUT2D eigenvalue weighted by Gasteiger charge is 2.13. The zero-order valence-electron chi connectivity index (χ0n) is 9.00. The predicted octanol–water partition coefficient (Wildman–Crippen LogP) is -0.469. The number of nitro benzene ring substituents is 1. The van der Waals surface area contributed by atoms with Gasteiger partial charge in [0.1, 0.15) is 6.10 Å². The lowest BCUT2D eigenvalue weighted by atomic mass is 10.2. The molecule has 0 saturated heterocycles. The fourth-order valence-electron chi connectivity index (χ4n) is 1.28. The van der Waals surface area contributed by atoms with Crippen LogP contribution in [0.1, 0.15) is 5.56 Å². The summed E-state index contributed by atoms with van der Waals surface area (Å²) in [6.07, 6.45) is -1.29. The summed E-state index contributed by atoms with van der Waals surface area (Å²) < 4.78 is 0. The average molecular weight is 239 g/mol. The molecule has 1 rings (SSSR count). The lowest BCUT2D eigenvalue weighted by molar-refractivity contribution is -0.385. The molecule has 4 N–H and O–H groups in total. The first-order valence-corrected chi connectivity index (χ1v) is 4.92. The third-order valence-electron chi connectivity index (χ3n) is 2.17. The van der Waals surface area contributed by atoms with E-state index in [0.29, 0.717) is 5.56 Å². The summed E-state index contributed by atoms with van der Waals surface area (Å²) in [6, 6.07) is 6.23. The monoisotopic (exact) mass is 239 g/mol. The van der Waals surface area contributed by atoms with Crippen molar-refractivity contribution in [1.82, 2.24) is 5.32 Å². The van der Waals surface area contributed by atoms with Crippen LogP contribution in [0.5, 0.6) is 0 Å². The Morgan fingerprint density at radius 3 is 2.76 bits per heavy atom. The molecule has 1 amide bonds. The fraction of sp³-hybridized carbons (Fsp3) is 0.300. The number of primary amides is 1. The second-order valence-corrected chi connectivity index (χ2v) is 3.43. The molecule has 1 aromatic carbocycles. The Balaban J connectivity index is 2.58. The highest BCUT2D eigenvalue weighted by molar-refractivity contribution is 5.78. The molecule has 0 aliphatic carbocycles. The van der Waals surface area contributed by atoms with Gasteiger partial charge in [-0.3, -0.25) is 14.9 Å². The number of benzene rings is 1. The molecule has 0 aliphatic rings. The van der Waals surface area contributed by atoms with E-state index in [9.17, 15) is 14.9 Å². The van der Waals surface area contributed by atoms with Gasteiger partial charge in [0.25, 0.3) is 5.69 Å². The number of aliphatic hydroxyl groups excluding tert-OH is 1. The summed E-state index contributed by atoms with van der Waals surface area (Å²) in [6.45, 7) is 0.142. The summed E-state index contributed by atoms with van der Waals surface area (Å²) in [5.41, 5.74) is 5.33. The zero-order valence-corrected chi connectivity index (χ0v) is 9.00. The van der Waals surface area contributed by atoms with Gasteiger partial charge in [-0.25, -0.2) is 0 Å². The van der Waals surface area contributed by atoms with E-state index in [1.165, 1.54) is 6.07 Å². The van der Waals surface area contributed by atoms with Crippen molar-refractivity contribution < 1.29 is 14.8 Å². The Morgan fingerprint density at radius 2 is 2.18 bits per heavy atom.